The lowest BCUT2D eigenvalue weighted by molar-refractivity contribution is -0.383. The fourth-order valence-corrected chi connectivity index (χ4v) is 3.50. The zero-order valence-corrected chi connectivity index (χ0v) is 14.1. The molecule has 7 heteroatoms. The van der Waals surface area contributed by atoms with E-state index in [4.69, 9.17) is 0 Å². The Morgan fingerprint density at radius 2 is 1.96 bits per heavy atom. The molecule has 1 aromatic heterocycles. The van der Waals surface area contributed by atoms with Crippen LogP contribution in [0.25, 0.3) is 10.9 Å². The van der Waals surface area contributed by atoms with Gasteiger partial charge in [0.25, 0.3) is 5.69 Å². The summed E-state index contributed by atoms with van der Waals surface area (Å²) < 4.78 is 16.2. The Morgan fingerprint density at radius 3 is 2.65 bits per heavy atom. The first kappa shape index (κ1) is 16.3. The fourth-order valence-electron chi connectivity index (χ4n) is 3.50. The Morgan fingerprint density at radius 1 is 1.23 bits per heavy atom. The summed E-state index contributed by atoms with van der Waals surface area (Å²) >= 11 is 0. The van der Waals surface area contributed by atoms with Crippen LogP contribution in [-0.4, -0.2) is 21.8 Å². The number of halogens is 1. The molecule has 3 aromatic rings. The molecular weight excluding hydrogens is 337 g/mol. The lowest BCUT2D eigenvalue weighted by atomic mass is 9.99. The lowest BCUT2D eigenvalue weighted by Gasteiger charge is -2.19. The van der Waals surface area contributed by atoms with Crippen molar-refractivity contribution in [2.75, 3.05) is 11.9 Å². The van der Waals surface area contributed by atoms with E-state index in [2.05, 4.69) is 5.32 Å². The highest BCUT2D eigenvalue weighted by molar-refractivity contribution is 6.22. The number of carbonyl (C=O) groups excluding carboxylic acids is 1. The van der Waals surface area contributed by atoms with Crippen molar-refractivity contribution in [1.29, 1.82) is 0 Å². The number of aromatic nitrogens is 1. The number of benzene rings is 2. The van der Waals surface area contributed by atoms with Crippen LogP contribution in [0.15, 0.2) is 36.4 Å². The minimum atomic E-state index is -0.571. The summed E-state index contributed by atoms with van der Waals surface area (Å²) in [5.41, 5.74) is 1.42. The van der Waals surface area contributed by atoms with Crippen LogP contribution in [0.5, 0.6) is 0 Å². The highest BCUT2D eigenvalue weighted by Crippen LogP contribution is 2.40. The monoisotopic (exact) mass is 353 g/mol. The zero-order chi connectivity index (χ0) is 18.4. The number of ketones is 1. The molecule has 26 heavy (non-hydrogen) atoms. The van der Waals surface area contributed by atoms with Crippen molar-refractivity contribution < 1.29 is 14.1 Å². The number of nitrogens with one attached hydrogen (secondary N) is 1. The topological polar surface area (TPSA) is 77.2 Å². The smallest absolute Gasteiger partial charge is 0.279 e. The highest BCUT2D eigenvalue weighted by atomic mass is 19.1. The number of nitro groups is 1. The number of hydrogen-bond acceptors (Lipinski definition) is 4. The van der Waals surface area contributed by atoms with Crippen LogP contribution in [0.3, 0.4) is 0 Å². The molecule has 132 valence electrons. The van der Waals surface area contributed by atoms with Crippen LogP contribution in [0.2, 0.25) is 0 Å². The van der Waals surface area contributed by atoms with Gasteiger partial charge in [-0.15, -0.1) is 0 Å². The van der Waals surface area contributed by atoms with Crippen LogP contribution in [0.4, 0.5) is 15.9 Å². The van der Waals surface area contributed by atoms with Crippen molar-refractivity contribution in [3.8, 4) is 0 Å². The quantitative estimate of drug-likeness (QED) is 0.438. The van der Waals surface area contributed by atoms with Crippen LogP contribution >= 0.6 is 0 Å². The molecule has 6 nitrogen and oxygen atoms in total. The standard InChI is InChI=1S/C19H16FN3O3/c1-11-3-5-12(6-4-11)18(24)16-15-14(23(25)26)8-7-13(20)17(15)22-10-2-9-21-19(16)22/h3-8,21H,2,9-10H2,1H3. The molecule has 1 aliphatic rings. The van der Waals surface area contributed by atoms with Gasteiger partial charge in [-0.1, -0.05) is 29.8 Å². The molecule has 0 spiro atoms. The van der Waals surface area contributed by atoms with Crippen molar-refractivity contribution in [2.24, 2.45) is 0 Å². The molecule has 2 aromatic carbocycles. The fraction of sp³-hybridized carbons (Fsp3) is 0.211. The predicted octanol–water partition coefficient (Wildman–Crippen LogP) is 4.04. The van der Waals surface area contributed by atoms with Gasteiger partial charge in [0.15, 0.2) is 5.78 Å². The third-order valence-electron chi connectivity index (χ3n) is 4.72. The Bertz CT molecular complexity index is 1050. The van der Waals surface area contributed by atoms with Crippen molar-refractivity contribution in [3.05, 3.63) is 69.0 Å². The number of nitro benzene ring substituents is 1. The maximum atomic E-state index is 14.6. The van der Waals surface area contributed by atoms with Gasteiger partial charge in [0.05, 0.1) is 21.4 Å². The van der Waals surface area contributed by atoms with Crippen LogP contribution in [0, 0.1) is 22.9 Å². The second-order valence-corrected chi connectivity index (χ2v) is 6.40. The van der Waals surface area contributed by atoms with Gasteiger partial charge in [-0.05, 0) is 19.4 Å². The van der Waals surface area contributed by atoms with E-state index in [1.807, 2.05) is 6.92 Å². The average Bonchev–Trinajstić information content (AvgIpc) is 2.97. The third kappa shape index (κ3) is 2.35. The number of aryl methyl sites for hydroxylation is 2. The summed E-state index contributed by atoms with van der Waals surface area (Å²) in [7, 11) is 0. The van der Waals surface area contributed by atoms with Crippen LogP contribution in [-0.2, 0) is 6.54 Å². The molecule has 4 rings (SSSR count). The summed E-state index contributed by atoms with van der Waals surface area (Å²) in [5.74, 6) is -0.476. The van der Waals surface area contributed by atoms with E-state index in [1.54, 1.807) is 28.8 Å². The van der Waals surface area contributed by atoms with Crippen LogP contribution < -0.4 is 5.32 Å². The zero-order valence-electron chi connectivity index (χ0n) is 14.1. The highest BCUT2D eigenvalue weighted by Gasteiger charge is 2.32. The van der Waals surface area contributed by atoms with Gasteiger partial charge in [0.2, 0.25) is 0 Å². The summed E-state index contributed by atoms with van der Waals surface area (Å²) in [5, 5.41) is 14.7. The van der Waals surface area contributed by atoms with Gasteiger partial charge in [0.1, 0.15) is 11.6 Å². The predicted molar refractivity (Wildman–Crippen MR) is 96.3 cm³/mol. The van der Waals surface area contributed by atoms with Crippen molar-refractivity contribution in [1.82, 2.24) is 4.57 Å². The summed E-state index contributed by atoms with van der Waals surface area (Å²) in [4.78, 5) is 24.2. The Kier molecular flexibility index (Phi) is 3.72. The van der Waals surface area contributed by atoms with Gasteiger partial charge in [-0.2, -0.15) is 0 Å². The Hall–Kier alpha value is -3.22. The molecule has 0 saturated heterocycles. The summed E-state index contributed by atoms with van der Waals surface area (Å²) in [6, 6.07) is 9.18. The first-order valence-corrected chi connectivity index (χ1v) is 8.33. The van der Waals surface area contributed by atoms with E-state index >= 15 is 0 Å². The second-order valence-electron chi connectivity index (χ2n) is 6.40. The number of rotatable bonds is 3. The van der Waals surface area contributed by atoms with Crippen molar-refractivity contribution >= 4 is 28.2 Å². The van der Waals surface area contributed by atoms with Gasteiger partial charge >= 0.3 is 0 Å². The van der Waals surface area contributed by atoms with Gasteiger partial charge in [0, 0.05) is 24.7 Å². The number of fused-ring (bicyclic) bond motifs is 3. The lowest BCUT2D eigenvalue weighted by Crippen LogP contribution is -2.18. The number of non-ortho nitro benzene ring substituents is 1. The van der Waals surface area contributed by atoms with E-state index in [0.29, 0.717) is 24.5 Å². The maximum Gasteiger partial charge on any atom is 0.279 e. The molecule has 0 bridgehead atoms. The number of hydrogen-bond donors (Lipinski definition) is 1. The van der Waals surface area contributed by atoms with E-state index in [0.717, 1.165) is 24.1 Å². The molecule has 0 fully saturated rings. The van der Waals surface area contributed by atoms with Gasteiger partial charge in [-0.25, -0.2) is 4.39 Å². The van der Waals surface area contributed by atoms with E-state index in [1.165, 1.54) is 0 Å². The molecule has 1 aliphatic heterocycles. The van der Waals surface area contributed by atoms with E-state index < -0.39 is 10.7 Å². The van der Waals surface area contributed by atoms with Crippen molar-refractivity contribution in [3.63, 3.8) is 0 Å². The number of carbonyl (C=O) groups is 1. The molecule has 0 radical (unpaired) electrons. The first-order valence-electron chi connectivity index (χ1n) is 8.33. The average molecular weight is 353 g/mol. The van der Waals surface area contributed by atoms with E-state index in [9.17, 15) is 19.3 Å². The normalized spacial score (nSPS) is 13.3. The molecule has 0 amide bonds. The Labute approximate surface area is 148 Å². The molecular formula is C19H16FN3O3. The van der Waals surface area contributed by atoms with Gasteiger partial charge < -0.3 is 9.88 Å². The van der Waals surface area contributed by atoms with Crippen LogP contribution in [0.1, 0.15) is 27.9 Å². The minimum absolute atomic E-state index is 0.0602. The Balaban J connectivity index is 2.07. The molecule has 0 atom stereocenters. The second kappa shape index (κ2) is 5.94. The molecule has 0 aliphatic carbocycles. The van der Waals surface area contributed by atoms with Gasteiger partial charge in [-0.3, -0.25) is 14.9 Å². The molecule has 1 N–H and O–H groups in total. The molecule has 0 saturated carbocycles. The van der Waals surface area contributed by atoms with Crippen molar-refractivity contribution in [2.45, 2.75) is 19.9 Å². The third-order valence-corrected chi connectivity index (χ3v) is 4.72. The summed E-state index contributed by atoms with van der Waals surface area (Å²) in [6.07, 6.45) is 0.747. The van der Waals surface area contributed by atoms with E-state index in [-0.39, 0.29) is 27.9 Å². The molecule has 0 unspecified atom stereocenters. The number of anilines is 1. The molecule has 2 heterocycles. The maximum absolute atomic E-state index is 14.6. The SMILES string of the molecule is Cc1ccc(C(=O)c2c3n(c4c(F)ccc([N+](=O)[O-])c24)CCCN3)cc1. The number of nitrogens with zero attached hydrogens (tertiary/aromatic N) is 2. The first-order chi connectivity index (χ1) is 12.5. The largest absolute Gasteiger partial charge is 0.371 e. The minimum Gasteiger partial charge on any atom is -0.371 e. The summed E-state index contributed by atoms with van der Waals surface area (Å²) in [6.45, 7) is 3.03.